The number of piperidine rings is 1. The summed E-state index contributed by atoms with van der Waals surface area (Å²) in [6.07, 6.45) is 0.822. The van der Waals surface area contributed by atoms with E-state index in [9.17, 15) is 18.0 Å². The van der Waals surface area contributed by atoms with Gasteiger partial charge in [0.1, 0.15) is 0 Å². The first kappa shape index (κ1) is 22.4. The van der Waals surface area contributed by atoms with Gasteiger partial charge in [0, 0.05) is 49.3 Å². The molecule has 160 valence electrons. The molecule has 1 amide bonds. The molecule has 0 spiro atoms. The Kier molecular flexibility index (Phi) is 6.92. The highest BCUT2D eigenvalue weighted by molar-refractivity contribution is 7.86. The van der Waals surface area contributed by atoms with Crippen LogP contribution in [0.5, 0.6) is 0 Å². The molecule has 0 aromatic heterocycles. The van der Waals surface area contributed by atoms with Crippen molar-refractivity contribution in [2.45, 2.75) is 12.8 Å². The van der Waals surface area contributed by atoms with E-state index in [0.29, 0.717) is 34.7 Å². The zero-order valence-electron chi connectivity index (χ0n) is 16.8. The lowest BCUT2D eigenvalue weighted by atomic mass is 9.96. The lowest BCUT2D eigenvalue weighted by molar-refractivity contribution is -0.120. The van der Waals surface area contributed by atoms with E-state index in [2.05, 4.69) is 5.32 Å². The van der Waals surface area contributed by atoms with Crippen LogP contribution in [0.4, 0.5) is 5.69 Å². The molecule has 0 saturated carbocycles. The van der Waals surface area contributed by atoms with Gasteiger partial charge in [0.2, 0.25) is 5.91 Å². The van der Waals surface area contributed by atoms with Crippen LogP contribution in [0.3, 0.4) is 0 Å². The van der Waals surface area contributed by atoms with Gasteiger partial charge in [0.25, 0.3) is 10.2 Å². The highest BCUT2D eigenvalue weighted by Crippen LogP contribution is 2.26. The fourth-order valence-electron chi connectivity index (χ4n) is 3.37. The standard InChI is InChI=1S/C21H24ClN3O4S/c1-24(2)30(28,29)25-12-10-16(11-13-25)21(27)23-19-9-8-17(22)14-18(19)20(26)15-6-4-3-5-7-15/h3-9,14,16H,10-13H2,1-2H3,(H,23,27). The van der Waals surface area contributed by atoms with E-state index in [1.165, 1.54) is 22.7 Å². The monoisotopic (exact) mass is 449 g/mol. The van der Waals surface area contributed by atoms with E-state index in [1.54, 1.807) is 42.5 Å². The number of amides is 1. The lowest BCUT2D eigenvalue weighted by Gasteiger charge is -2.32. The van der Waals surface area contributed by atoms with Gasteiger partial charge in [0.05, 0.1) is 5.69 Å². The fraction of sp³-hybridized carbons (Fsp3) is 0.333. The van der Waals surface area contributed by atoms with Gasteiger partial charge in [-0.2, -0.15) is 17.0 Å². The number of hydrogen-bond acceptors (Lipinski definition) is 4. The number of carbonyl (C=O) groups is 2. The Hall–Kier alpha value is -2.26. The quantitative estimate of drug-likeness (QED) is 0.687. The summed E-state index contributed by atoms with van der Waals surface area (Å²) < 4.78 is 27.0. The molecule has 30 heavy (non-hydrogen) atoms. The van der Waals surface area contributed by atoms with E-state index in [4.69, 9.17) is 11.6 Å². The molecule has 0 aliphatic carbocycles. The second-order valence-electron chi connectivity index (χ2n) is 7.34. The number of hydrogen-bond donors (Lipinski definition) is 1. The molecule has 0 bridgehead atoms. The van der Waals surface area contributed by atoms with Crippen LogP contribution in [0.15, 0.2) is 48.5 Å². The van der Waals surface area contributed by atoms with E-state index in [1.807, 2.05) is 6.07 Å². The maximum Gasteiger partial charge on any atom is 0.281 e. The van der Waals surface area contributed by atoms with E-state index < -0.39 is 10.2 Å². The normalized spacial score (nSPS) is 15.9. The van der Waals surface area contributed by atoms with Crippen molar-refractivity contribution in [1.29, 1.82) is 0 Å². The summed E-state index contributed by atoms with van der Waals surface area (Å²) in [7, 11) is -0.514. The Morgan fingerprint density at radius 3 is 2.30 bits per heavy atom. The minimum Gasteiger partial charge on any atom is -0.325 e. The van der Waals surface area contributed by atoms with Crippen LogP contribution in [0, 0.1) is 5.92 Å². The Balaban J connectivity index is 1.73. The molecule has 2 aromatic rings. The van der Waals surface area contributed by atoms with Crippen molar-refractivity contribution in [3.63, 3.8) is 0 Å². The summed E-state index contributed by atoms with van der Waals surface area (Å²) in [6.45, 7) is 0.546. The molecular weight excluding hydrogens is 426 g/mol. The number of ketones is 1. The van der Waals surface area contributed by atoms with Crippen molar-refractivity contribution >= 4 is 39.2 Å². The van der Waals surface area contributed by atoms with Crippen LogP contribution >= 0.6 is 11.6 Å². The van der Waals surface area contributed by atoms with Crippen LogP contribution < -0.4 is 5.32 Å². The van der Waals surface area contributed by atoms with Gasteiger partial charge in [-0.25, -0.2) is 0 Å². The maximum absolute atomic E-state index is 12.9. The minimum atomic E-state index is -3.49. The first-order valence-corrected chi connectivity index (χ1v) is 11.4. The maximum atomic E-state index is 12.9. The highest BCUT2D eigenvalue weighted by Gasteiger charge is 2.32. The smallest absolute Gasteiger partial charge is 0.281 e. The Morgan fingerprint density at radius 1 is 1.07 bits per heavy atom. The number of anilines is 1. The molecule has 9 heteroatoms. The van der Waals surface area contributed by atoms with Crippen molar-refractivity contribution < 1.29 is 18.0 Å². The van der Waals surface area contributed by atoms with Crippen molar-refractivity contribution in [2.75, 3.05) is 32.5 Å². The third-order valence-electron chi connectivity index (χ3n) is 5.13. The van der Waals surface area contributed by atoms with Crippen molar-refractivity contribution in [3.8, 4) is 0 Å². The molecule has 1 heterocycles. The average molecular weight is 450 g/mol. The second kappa shape index (κ2) is 9.26. The van der Waals surface area contributed by atoms with Crippen molar-refractivity contribution in [3.05, 3.63) is 64.7 Å². The van der Waals surface area contributed by atoms with Crippen LogP contribution in [0.25, 0.3) is 0 Å². The summed E-state index contributed by atoms with van der Waals surface area (Å²) >= 11 is 6.09. The molecule has 1 aliphatic rings. The van der Waals surface area contributed by atoms with E-state index in [0.717, 1.165) is 0 Å². The van der Waals surface area contributed by atoms with Crippen molar-refractivity contribution in [2.24, 2.45) is 5.92 Å². The van der Waals surface area contributed by atoms with E-state index >= 15 is 0 Å². The summed E-state index contributed by atoms with van der Waals surface area (Å²) in [6, 6.07) is 13.5. The zero-order chi connectivity index (χ0) is 21.9. The predicted octanol–water partition coefficient (Wildman–Crippen LogP) is 3.03. The molecule has 7 nitrogen and oxygen atoms in total. The first-order valence-electron chi connectivity index (χ1n) is 9.58. The van der Waals surface area contributed by atoms with Gasteiger partial charge >= 0.3 is 0 Å². The summed E-state index contributed by atoms with van der Waals surface area (Å²) in [5.74, 6) is -0.810. The van der Waals surface area contributed by atoms with Gasteiger partial charge in [0.15, 0.2) is 5.78 Å². The molecule has 1 aliphatic heterocycles. The second-order valence-corrected chi connectivity index (χ2v) is 9.92. The number of carbonyl (C=O) groups excluding carboxylic acids is 2. The zero-order valence-corrected chi connectivity index (χ0v) is 18.4. The van der Waals surface area contributed by atoms with E-state index in [-0.39, 0.29) is 30.7 Å². The lowest BCUT2D eigenvalue weighted by Crippen LogP contribution is -2.46. The summed E-state index contributed by atoms with van der Waals surface area (Å²) in [5.41, 5.74) is 1.20. The Morgan fingerprint density at radius 2 is 1.70 bits per heavy atom. The first-order chi connectivity index (χ1) is 14.2. The third-order valence-corrected chi connectivity index (χ3v) is 7.31. The summed E-state index contributed by atoms with van der Waals surface area (Å²) in [4.78, 5) is 25.7. The molecule has 1 N–H and O–H groups in total. The minimum absolute atomic E-state index is 0.235. The average Bonchev–Trinajstić information content (AvgIpc) is 2.75. The molecule has 2 aromatic carbocycles. The Labute approximate surface area is 181 Å². The van der Waals surface area contributed by atoms with Gasteiger partial charge in [-0.3, -0.25) is 9.59 Å². The number of halogens is 1. The van der Waals surface area contributed by atoms with Gasteiger partial charge in [-0.15, -0.1) is 0 Å². The van der Waals surface area contributed by atoms with Crippen LogP contribution in [0.1, 0.15) is 28.8 Å². The Bertz CT molecular complexity index is 1030. The van der Waals surface area contributed by atoms with Gasteiger partial charge < -0.3 is 5.32 Å². The SMILES string of the molecule is CN(C)S(=O)(=O)N1CCC(C(=O)Nc2ccc(Cl)cc2C(=O)c2ccccc2)CC1. The molecule has 0 unspecified atom stereocenters. The topological polar surface area (TPSA) is 86.8 Å². The predicted molar refractivity (Wildman–Crippen MR) is 117 cm³/mol. The molecule has 0 atom stereocenters. The molecule has 0 radical (unpaired) electrons. The van der Waals surface area contributed by atoms with Crippen LogP contribution in [0.2, 0.25) is 5.02 Å². The molecule has 3 rings (SSSR count). The fourth-order valence-corrected chi connectivity index (χ4v) is 4.68. The number of nitrogens with zero attached hydrogens (tertiary/aromatic N) is 2. The number of nitrogens with one attached hydrogen (secondary N) is 1. The molecular formula is C21H24ClN3O4S. The molecule has 1 fully saturated rings. The van der Waals surface area contributed by atoms with Crippen molar-refractivity contribution in [1.82, 2.24) is 8.61 Å². The largest absolute Gasteiger partial charge is 0.325 e. The number of rotatable bonds is 6. The van der Waals surface area contributed by atoms with Crippen LogP contribution in [-0.4, -0.2) is 55.9 Å². The molecule has 1 saturated heterocycles. The van der Waals surface area contributed by atoms with Crippen LogP contribution in [-0.2, 0) is 15.0 Å². The van der Waals surface area contributed by atoms with Gasteiger partial charge in [-0.1, -0.05) is 41.9 Å². The summed E-state index contributed by atoms with van der Waals surface area (Å²) in [5, 5.41) is 3.24. The number of benzene rings is 2. The van der Waals surface area contributed by atoms with Gasteiger partial charge in [-0.05, 0) is 31.0 Å². The highest BCUT2D eigenvalue weighted by atomic mass is 35.5. The third kappa shape index (κ3) is 4.89.